The molecule has 0 saturated heterocycles. The number of furan rings is 2. The smallest absolute Gasteiger partial charge is 0.339 e. The minimum absolute atomic E-state index is 0.158. The summed E-state index contributed by atoms with van der Waals surface area (Å²) in [6.07, 6.45) is 10.3. The lowest BCUT2D eigenvalue weighted by Crippen LogP contribution is -2.01. The summed E-state index contributed by atoms with van der Waals surface area (Å²) in [6, 6.07) is 16.2. The Morgan fingerprint density at radius 3 is 2.13 bits per heavy atom. The molecular weight excluding hydrogens is 590 g/mol. The van der Waals surface area contributed by atoms with Crippen molar-refractivity contribution in [3.05, 3.63) is 108 Å². The maximum absolute atomic E-state index is 11.5. The number of carboxylic acid groups (broad SMARTS) is 1. The summed E-state index contributed by atoms with van der Waals surface area (Å²) in [5.74, 6) is -0.375. The highest BCUT2D eigenvalue weighted by Crippen LogP contribution is 2.40. The number of carbonyl (C=O) groups excluding carboxylic acids is 2. The topological polar surface area (TPSA) is 119 Å². The van der Waals surface area contributed by atoms with Crippen molar-refractivity contribution in [3.63, 3.8) is 0 Å². The standard InChI is InChI=1S/C16H13NO5S.C9H6O2.C5H8.C4H8.C2H6/c1-8(18)21-11-5-3-4-9-6-12(22-14(9)11)15-13(16(19)20)10(17-2)7-23-15;10-6-8-5-7-3-1-2-4-9(7)11-8;1-3-5-4-2;1-3-4-2;1-2/h3-7,17H,1-2H3,(H,19,20);1-6H;3-5H,1H2,2H3;3-4H,1-2H3;1-2H3/b;;5-4-;4-3-;. The molecule has 0 aliphatic rings. The molecule has 9 heteroatoms. The second-order valence-corrected chi connectivity index (χ2v) is 9.40. The summed E-state index contributed by atoms with van der Waals surface area (Å²) in [7, 11) is 1.66. The third-order valence-electron chi connectivity index (χ3n) is 5.48. The number of nitrogens with one attached hydrogen (secondary N) is 1. The van der Waals surface area contributed by atoms with Crippen LogP contribution in [0.5, 0.6) is 5.75 Å². The molecule has 45 heavy (non-hydrogen) atoms. The molecule has 2 aromatic carbocycles. The van der Waals surface area contributed by atoms with Crippen molar-refractivity contribution in [2.24, 2.45) is 0 Å². The van der Waals surface area contributed by atoms with E-state index in [4.69, 9.17) is 13.6 Å². The van der Waals surface area contributed by atoms with Crippen LogP contribution in [0.3, 0.4) is 0 Å². The van der Waals surface area contributed by atoms with Crippen LogP contribution in [-0.4, -0.2) is 30.4 Å². The van der Waals surface area contributed by atoms with Gasteiger partial charge in [-0.3, -0.25) is 9.59 Å². The quantitative estimate of drug-likeness (QED) is 0.0624. The Morgan fingerprint density at radius 1 is 0.956 bits per heavy atom. The molecule has 5 aromatic rings. The first kappa shape index (κ1) is 37.9. The fraction of sp³-hybridized carbons (Fsp3) is 0.194. The van der Waals surface area contributed by atoms with Crippen molar-refractivity contribution < 1.29 is 33.1 Å². The Hall–Kier alpha value is -5.15. The van der Waals surface area contributed by atoms with Crippen molar-refractivity contribution in [1.29, 1.82) is 0 Å². The van der Waals surface area contributed by atoms with E-state index in [1.165, 1.54) is 18.3 Å². The number of benzene rings is 2. The highest BCUT2D eigenvalue weighted by molar-refractivity contribution is 7.14. The van der Waals surface area contributed by atoms with E-state index in [0.717, 1.165) is 16.4 Å². The van der Waals surface area contributed by atoms with Crippen molar-refractivity contribution in [1.82, 2.24) is 0 Å². The maximum Gasteiger partial charge on any atom is 0.339 e. The van der Waals surface area contributed by atoms with Crippen LogP contribution in [0.15, 0.2) is 106 Å². The Labute approximate surface area is 268 Å². The zero-order chi connectivity index (χ0) is 33.8. The lowest BCUT2D eigenvalue weighted by Gasteiger charge is -2.01. The summed E-state index contributed by atoms with van der Waals surface area (Å²) in [5.41, 5.74) is 1.85. The molecule has 8 nitrogen and oxygen atoms in total. The van der Waals surface area contributed by atoms with Gasteiger partial charge in [0.1, 0.15) is 16.9 Å². The van der Waals surface area contributed by atoms with Crippen LogP contribution in [0.25, 0.3) is 32.6 Å². The lowest BCUT2D eigenvalue weighted by molar-refractivity contribution is -0.131. The van der Waals surface area contributed by atoms with Gasteiger partial charge in [-0.2, -0.15) is 0 Å². The molecule has 0 radical (unpaired) electrons. The van der Waals surface area contributed by atoms with E-state index in [1.54, 1.807) is 42.8 Å². The van der Waals surface area contributed by atoms with Crippen LogP contribution in [0.4, 0.5) is 5.69 Å². The van der Waals surface area contributed by atoms with E-state index in [1.807, 2.05) is 89.3 Å². The third-order valence-corrected chi connectivity index (χ3v) is 6.48. The Morgan fingerprint density at radius 2 is 1.62 bits per heavy atom. The number of hydrogen-bond donors (Lipinski definition) is 2. The van der Waals surface area contributed by atoms with Gasteiger partial charge in [-0.05, 0) is 45.0 Å². The van der Waals surface area contributed by atoms with Crippen LogP contribution in [0.1, 0.15) is 62.5 Å². The number of esters is 1. The highest BCUT2D eigenvalue weighted by Gasteiger charge is 2.22. The summed E-state index contributed by atoms with van der Waals surface area (Å²) in [5, 5.41) is 15.7. The number of hydrogen-bond acceptors (Lipinski definition) is 8. The molecular formula is C36H41NO7S. The monoisotopic (exact) mass is 631 g/mol. The van der Waals surface area contributed by atoms with Crippen LogP contribution in [-0.2, 0) is 4.79 Å². The molecule has 0 unspecified atom stereocenters. The van der Waals surface area contributed by atoms with Crippen molar-refractivity contribution in [2.45, 2.75) is 41.5 Å². The molecule has 3 heterocycles. The fourth-order valence-electron chi connectivity index (χ4n) is 3.52. The number of anilines is 1. The summed E-state index contributed by atoms with van der Waals surface area (Å²) in [4.78, 5) is 33.5. The van der Waals surface area contributed by atoms with E-state index in [-0.39, 0.29) is 5.56 Å². The normalized spacial score (nSPS) is 9.93. The number of carboxylic acids is 1. The van der Waals surface area contributed by atoms with Gasteiger partial charge in [-0.15, -0.1) is 11.3 Å². The highest BCUT2D eigenvalue weighted by atomic mass is 32.1. The maximum atomic E-state index is 11.5. The first-order valence-electron chi connectivity index (χ1n) is 14.2. The van der Waals surface area contributed by atoms with Gasteiger partial charge < -0.3 is 24.0 Å². The predicted molar refractivity (Wildman–Crippen MR) is 186 cm³/mol. The number of rotatable bonds is 6. The molecule has 0 aliphatic heterocycles. The van der Waals surface area contributed by atoms with Gasteiger partial charge in [-0.1, -0.05) is 81.1 Å². The Balaban J connectivity index is 0.000000379. The number of fused-ring (bicyclic) bond motifs is 2. The molecule has 0 aliphatic carbocycles. The molecule has 0 bridgehead atoms. The van der Waals surface area contributed by atoms with Gasteiger partial charge in [0.05, 0.1) is 10.6 Å². The average Bonchev–Trinajstić information content (AvgIpc) is 3.79. The van der Waals surface area contributed by atoms with Crippen LogP contribution >= 0.6 is 11.3 Å². The number of para-hydroxylation sites is 2. The minimum Gasteiger partial charge on any atom is -0.478 e. The van der Waals surface area contributed by atoms with Crippen molar-refractivity contribution in [2.75, 3.05) is 12.4 Å². The largest absolute Gasteiger partial charge is 0.478 e. The van der Waals surface area contributed by atoms with Gasteiger partial charge in [0.15, 0.2) is 23.4 Å². The van der Waals surface area contributed by atoms with Crippen molar-refractivity contribution in [3.8, 4) is 16.4 Å². The first-order chi connectivity index (χ1) is 21.7. The second kappa shape index (κ2) is 20.7. The lowest BCUT2D eigenvalue weighted by atomic mass is 10.2. The SMILES string of the molecule is C/C=C\C.C=C/C=C\C.CC.CNc1csc(-c2cc3cccc(OC(C)=O)c3o2)c1C(=O)O.O=Cc1cc2ccccc2o1. The Bertz CT molecular complexity index is 1680. The molecule has 0 amide bonds. The number of allylic oxidation sites excluding steroid dienone is 5. The van der Waals surface area contributed by atoms with E-state index < -0.39 is 11.9 Å². The van der Waals surface area contributed by atoms with Crippen LogP contribution in [0, 0.1) is 0 Å². The number of carbonyl (C=O) groups is 3. The van der Waals surface area contributed by atoms with Gasteiger partial charge in [0, 0.05) is 30.1 Å². The van der Waals surface area contributed by atoms with Crippen LogP contribution < -0.4 is 10.1 Å². The van der Waals surface area contributed by atoms with Crippen molar-refractivity contribution >= 4 is 57.2 Å². The summed E-state index contributed by atoms with van der Waals surface area (Å²) in [6.45, 7) is 14.7. The average molecular weight is 632 g/mol. The first-order valence-corrected chi connectivity index (χ1v) is 15.1. The number of aromatic carboxylic acids is 1. The molecule has 0 spiro atoms. The third kappa shape index (κ3) is 11.5. The van der Waals surface area contributed by atoms with E-state index in [0.29, 0.717) is 39.7 Å². The molecule has 238 valence electrons. The molecule has 3 aromatic heterocycles. The molecule has 0 fully saturated rings. The predicted octanol–water partition coefficient (Wildman–Crippen LogP) is 10.4. The zero-order valence-electron chi connectivity index (χ0n) is 26.7. The molecule has 5 rings (SSSR count). The number of ether oxygens (including phenoxy) is 1. The molecule has 2 N–H and O–H groups in total. The van der Waals surface area contributed by atoms with Gasteiger partial charge in [0.25, 0.3) is 0 Å². The number of thiophene rings is 1. The van der Waals surface area contributed by atoms with Crippen LogP contribution in [0.2, 0.25) is 0 Å². The van der Waals surface area contributed by atoms with Gasteiger partial charge in [-0.25, -0.2) is 4.79 Å². The van der Waals surface area contributed by atoms with E-state index in [9.17, 15) is 19.5 Å². The molecule has 0 atom stereocenters. The summed E-state index contributed by atoms with van der Waals surface area (Å²) < 4.78 is 16.0. The zero-order valence-corrected chi connectivity index (χ0v) is 27.6. The fourth-order valence-corrected chi connectivity index (χ4v) is 4.52. The number of aldehydes is 1. The second-order valence-electron chi connectivity index (χ2n) is 8.52. The summed E-state index contributed by atoms with van der Waals surface area (Å²) >= 11 is 1.27. The van der Waals surface area contributed by atoms with Gasteiger partial charge >= 0.3 is 11.9 Å². The van der Waals surface area contributed by atoms with Gasteiger partial charge in [0.2, 0.25) is 0 Å². The van der Waals surface area contributed by atoms with E-state index in [2.05, 4.69) is 11.9 Å². The minimum atomic E-state index is -1.04. The molecule has 0 saturated carbocycles. The van der Waals surface area contributed by atoms with E-state index >= 15 is 0 Å². The Kier molecular flexibility index (Phi) is 17.4.